The number of aliphatic hydroxyl groups excluding tert-OH is 1. The number of carbonyl (C=O) groups is 2. The summed E-state index contributed by atoms with van der Waals surface area (Å²) in [7, 11) is 0. The fourth-order valence-electron chi connectivity index (χ4n) is 5.10. The number of fused-ring (bicyclic) bond motifs is 1. The minimum absolute atomic E-state index is 0.0673. The van der Waals surface area contributed by atoms with Crippen LogP contribution < -0.4 is 9.47 Å². The van der Waals surface area contributed by atoms with Crippen molar-refractivity contribution in [2.45, 2.75) is 52.7 Å². The molecule has 2 aliphatic rings. The molecule has 0 spiro atoms. The van der Waals surface area contributed by atoms with E-state index >= 15 is 0 Å². The third-order valence-corrected chi connectivity index (χ3v) is 6.98. The molecule has 7 nitrogen and oxygen atoms in total. The van der Waals surface area contributed by atoms with Crippen LogP contribution in [0, 0.1) is 0 Å². The predicted octanol–water partition coefficient (Wildman–Crippen LogP) is 4.56. The molecule has 0 radical (unpaired) electrons. The number of ketones is 1. The van der Waals surface area contributed by atoms with Crippen molar-refractivity contribution in [2.24, 2.45) is 0 Å². The Morgan fingerprint density at radius 1 is 1.11 bits per heavy atom. The second kappa shape index (κ2) is 11.2. The van der Waals surface area contributed by atoms with Gasteiger partial charge in [-0.15, -0.1) is 0 Å². The average molecular weight is 493 g/mol. The van der Waals surface area contributed by atoms with Crippen molar-refractivity contribution in [3.63, 3.8) is 0 Å². The molecular weight excluding hydrogens is 456 g/mol. The van der Waals surface area contributed by atoms with Crippen molar-refractivity contribution in [1.29, 1.82) is 0 Å². The molecule has 1 saturated heterocycles. The SMILES string of the molecule is CCOc1ccc([C@H]2/C(=C(\O)c3ccc4c(c3)C[C@H](C)O4)C(=O)C(=O)N2CCCN(CC)CC)cc1. The molecule has 1 amide bonds. The number of carbonyl (C=O) groups excluding carboxylic acids is 2. The van der Waals surface area contributed by atoms with E-state index in [0.29, 0.717) is 24.5 Å². The maximum absolute atomic E-state index is 13.3. The first-order valence-electron chi connectivity index (χ1n) is 12.9. The molecular formula is C29H36N2O5. The van der Waals surface area contributed by atoms with Crippen LogP contribution in [0.15, 0.2) is 48.0 Å². The van der Waals surface area contributed by atoms with Gasteiger partial charge in [-0.05, 0) is 81.4 Å². The maximum atomic E-state index is 13.3. The molecule has 0 aliphatic carbocycles. The number of Topliss-reactive ketones (excluding diaryl/α,β-unsaturated/α-hetero) is 1. The van der Waals surface area contributed by atoms with Crippen molar-refractivity contribution < 1.29 is 24.2 Å². The molecule has 0 unspecified atom stereocenters. The molecule has 4 rings (SSSR count). The van der Waals surface area contributed by atoms with Crippen molar-refractivity contribution in [2.75, 3.05) is 32.8 Å². The first-order valence-corrected chi connectivity index (χ1v) is 12.9. The Balaban J connectivity index is 1.72. The molecule has 2 aliphatic heterocycles. The van der Waals surface area contributed by atoms with Gasteiger partial charge in [0.1, 0.15) is 23.4 Å². The van der Waals surface area contributed by atoms with Crippen molar-refractivity contribution in [3.05, 3.63) is 64.7 Å². The van der Waals surface area contributed by atoms with Gasteiger partial charge in [0.2, 0.25) is 0 Å². The fourth-order valence-corrected chi connectivity index (χ4v) is 5.10. The van der Waals surface area contributed by atoms with Crippen molar-refractivity contribution >= 4 is 17.4 Å². The Bertz CT molecular complexity index is 1140. The molecule has 7 heteroatoms. The van der Waals surface area contributed by atoms with Crippen LogP contribution in [0.4, 0.5) is 0 Å². The van der Waals surface area contributed by atoms with Crippen LogP contribution in [0.1, 0.15) is 56.8 Å². The zero-order chi connectivity index (χ0) is 25.8. The van der Waals surface area contributed by atoms with Crippen molar-refractivity contribution in [3.8, 4) is 11.5 Å². The summed E-state index contributed by atoms with van der Waals surface area (Å²) in [4.78, 5) is 30.4. The second-order valence-corrected chi connectivity index (χ2v) is 9.33. The van der Waals surface area contributed by atoms with E-state index < -0.39 is 17.7 Å². The monoisotopic (exact) mass is 492 g/mol. The van der Waals surface area contributed by atoms with Crippen LogP contribution in [0.3, 0.4) is 0 Å². The lowest BCUT2D eigenvalue weighted by atomic mass is 9.94. The number of aliphatic hydroxyl groups is 1. The van der Waals surface area contributed by atoms with E-state index in [4.69, 9.17) is 9.47 Å². The van der Waals surface area contributed by atoms with E-state index in [-0.39, 0.29) is 17.4 Å². The molecule has 0 saturated carbocycles. The van der Waals surface area contributed by atoms with Crippen LogP contribution in [-0.2, 0) is 16.0 Å². The molecule has 2 aromatic carbocycles. The zero-order valence-electron chi connectivity index (χ0n) is 21.6. The highest BCUT2D eigenvalue weighted by Crippen LogP contribution is 2.41. The van der Waals surface area contributed by atoms with Crippen LogP contribution in [-0.4, -0.2) is 65.5 Å². The minimum Gasteiger partial charge on any atom is -0.507 e. The highest BCUT2D eigenvalue weighted by atomic mass is 16.5. The lowest BCUT2D eigenvalue weighted by Crippen LogP contribution is -2.33. The number of ether oxygens (including phenoxy) is 2. The number of likely N-dealkylation sites (tertiary alicyclic amines) is 1. The number of nitrogens with zero attached hydrogens (tertiary/aromatic N) is 2. The molecule has 192 valence electrons. The van der Waals surface area contributed by atoms with Gasteiger partial charge >= 0.3 is 0 Å². The summed E-state index contributed by atoms with van der Waals surface area (Å²) in [6.45, 7) is 11.8. The Hall–Kier alpha value is -3.32. The van der Waals surface area contributed by atoms with Gasteiger partial charge in [0, 0.05) is 18.5 Å². The Morgan fingerprint density at radius 2 is 1.83 bits per heavy atom. The average Bonchev–Trinajstić information content (AvgIpc) is 3.37. The third kappa shape index (κ3) is 5.12. The maximum Gasteiger partial charge on any atom is 0.295 e. The van der Waals surface area contributed by atoms with E-state index in [9.17, 15) is 14.7 Å². The second-order valence-electron chi connectivity index (χ2n) is 9.33. The number of hydrogen-bond acceptors (Lipinski definition) is 6. The van der Waals surface area contributed by atoms with Gasteiger partial charge in [-0.25, -0.2) is 0 Å². The lowest BCUT2D eigenvalue weighted by molar-refractivity contribution is -0.140. The number of rotatable bonds is 10. The number of amides is 1. The van der Waals surface area contributed by atoms with E-state index in [1.807, 2.05) is 50.2 Å². The standard InChI is InChI=1S/C29H36N2O5/c1-5-30(6-2)15-8-16-31-26(20-9-12-23(13-10-20)35-7-3)25(28(33)29(31)34)27(32)21-11-14-24-22(18-21)17-19(4)36-24/h9-14,18-19,26,32H,5-8,15-17H2,1-4H3/b27-25+/t19-,26-/m0/s1. The van der Waals surface area contributed by atoms with Crippen LogP contribution in [0.25, 0.3) is 5.76 Å². The largest absolute Gasteiger partial charge is 0.507 e. The summed E-state index contributed by atoms with van der Waals surface area (Å²) in [5, 5.41) is 11.4. The lowest BCUT2D eigenvalue weighted by Gasteiger charge is -2.27. The van der Waals surface area contributed by atoms with Gasteiger partial charge in [-0.3, -0.25) is 9.59 Å². The quantitative estimate of drug-likeness (QED) is 0.298. The smallest absolute Gasteiger partial charge is 0.295 e. The Morgan fingerprint density at radius 3 is 2.50 bits per heavy atom. The van der Waals surface area contributed by atoms with Crippen LogP contribution >= 0.6 is 0 Å². The van der Waals surface area contributed by atoms with E-state index in [0.717, 1.165) is 49.4 Å². The first kappa shape index (κ1) is 25.8. The van der Waals surface area contributed by atoms with Crippen LogP contribution in [0.2, 0.25) is 0 Å². The van der Waals surface area contributed by atoms with Crippen molar-refractivity contribution in [1.82, 2.24) is 9.80 Å². The summed E-state index contributed by atoms with van der Waals surface area (Å²) >= 11 is 0. The summed E-state index contributed by atoms with van der Waals surface area (Å²) in [6.07, 6.45) is 1.53. The molecule has 0 aromatic heterocycles. The third-order valence-electron chi connectivity index (χ3n) is 6.98. The summed E-state index contributed by atoms with van der Waals surface area (Å²) in [5.74, 6) is 0.125. The van der Waals surface area contributed by atoms with E-state index in [2.05, 4.69) is 18.7 Å². The number of benzene rings is 2. The summed E-state index contributed by atoms with van der Waals surface area (Å²) < 4.78 is 11.4. The van der Waals surface area contributed by atoms with Gasteiger partial charge in [-0.1, -0.05) is 26.0 Å². The molecule has 0 bridgehead atoms. The van der Waals surface area contributed by atoms with Gasteiger partial charge in [0.25, 0.3) is 11.7 Å². The minimum atomic E-state index is -0.666. The number of hydrogen-bond donors (Lipinski definition) is 1. The van der Waals surface area contributed by atoms with Crippen LogP contribution in [0.5, 0.6) is 11.5 Å². The molecule has 1 N–H and O–H groups in total. The van der Waals surface area contributed by atoms with E-state index in [1.54, 1.807) is 11.0 Å². The Kier molecular flexibility index (Phi) is 7.99. The normalized spacial score (nSPS) is 20.6. The summed E-state index contributed by atoms with van der Waals surface area (Å²) in [6, 6.07) is 12.2. The fraction of sp³-hybridized carbons (Fsp3) is 0.448. The van der Waals surface area contributed by atoms with Gasteiger partial charge < -0.3 is 24.4 Å². The molecule has 36 heavy (non-hydrogen) atoms. The highest BCUT2D eigenvalue weighted by Gasteiger charge is 2.46. The van der Waals surface area contributed by atoms with E-state index in [1.165, 1.54) is 0 Å². The topological polar surface area (TPSA) is 79.3 Å². The zero-order valence-corrected chi connectivity index (χ0v) is 21.6. The molecule has 2 aromatic rings. The molecule has 1 fully saturated rings. The predicted molar refractivity (Wildman–Crippen MR) is 139 cm³/mol. The highest BCUT2D eigenvalue weighted by molar-refractivity contribution is 6.46. The Labute approximate surface area is 213 Å². The first-order chi connectivity index (χ1) is 17.4. The van der Waals surface area contributed by atoms with Gasteiger partial charge in [0.15, 0.2) is 0 Å². The summed E-state index contributed by atoms with van der Waals surface area (Å²) in [5.41, 5.74) is 2.39. The molecule has 2 atom stereocenters. The van der Waals surface area contributed by atoms with Gasteiger partial charge in [0.05, 0.1) is 18.2 Å². The molecule has 2 heterocycles. The van der Waals surface area contributed by atoms with Gasteiger partial charge in [-0.2, -0.15) is 0 Å².